The third kappa shape index (κ3) is 7.80. The number of fused-ring (bicyclic) bond motifs is 1. The van der Waals surface area contributed by atoms with Crippen molar-refractivity contribution < 1.29 is 24.1 Å². The van der Waals surface area contributed by atoms with Crippen molar-refractivity contribution in [2.45, 2.75) is 25.4 Å². The van der Waals surface area contributed by atoms with Gasteiger partial charge in [0.1, 0.15) is 11.6 Å². The van der Waals surface area contributed by atoms with Gasteiger partial charge in [-0.3, -0.25) is 14.7 Å². The molecule has 9 heteroatoms. The number of rotatable bonds is 7. The van der Waals surface area contributed by atoms with Gasteiger partial charge in [0.15, 0.2) is 0 Å². The lowest BCUT2D eigenvalue weighted by molar-refractivity contribution is -0.146. The van der Waals surface area contributed by atoms with E-state index in [1.807, 2.05) is 23.1 Å². The number of hydrogen-bond donors (Lipinski definition) is 2. The number of likely N-dealkylation sites (tertiary alicyclic amines) is 1. The summed E-state index contributed by atoms with van der Waals surface area (Å²) >= 11 is 0. The number of carbonyl (C=O) groups is 1. The van der Waals surface area contributed by atoms with E-state index in [9.17, 15) is 19.4 Å². The first-order valence-corrected chi connectivity index (χ1v) is 11.7. The molecule has 3 atom stereocenters. The fourth-order valence-corrected chi connectivity index (χ4v) is 4.75. The number of pyridine rings is 1. The lowest BCUT2D eigenvalue weighted by Gasteiger charge is -2.36. The molecule has 2 aromatic carbocycles. The van der Waals surface area contributed by atoms with Crippen LogP contribution >= 0.6 is 24.8 Å². The van der Waals surface area contributed by atoms with E-state index in [1.54, 1.807) is 31.5 Å². The number of carboxylic acid groups (broad SMARTS) is 1. The van der Waals surface area contributed by atoms with E-state index in [2.05, 4.69) is 16.8 Å². The summed E-state index contributed by atoms with van der Waals surface area (Å²) in [5, 5.41) is 21.6. The Balaban J connectivity index is 0.00000241. The highest BCUT2D eigenvalue weighted by atomic mass is 35.5. The maximum atomic E-state index is 13.3. The summed E-state index contributed by atoms with van der Waals surface area (Å²) in [6.45, 7) is 1.57. The zero-order valence-electron chi connectivity index (χ0n) is 20.5. The van der Waals surface area contributed by atoms with Gasteiger partial charge < -0.3 is 14.9 Å². The first kappa shape index (κ1) is 30.3. The predicted molar refractivity (Wildman–Crippen MR) is 146 cm³/mol. The molecule has 37 heavy (non-hydrogen) atoms. The molecule has 4 rings (SSSR count). The maximum Gasteiger partial charge on any atom is 0.308 e. The summed E-state index contributed by atoms with van der Waals surface area (Å²) in [6, 6.07) is 13.5. The summed E-state index contributed by atoms with van der Waals surface area (Å²) in [5.41, 5.74) is 2.15. The van der Waals surface area contributed by atoms with Crippen LogP contribution in [0.5, 0.6) is 5.75 Å². The van der Waals surface area contributed by atoms with Crippen LogP contribution in [0.4, 0.5) is 4.39 Å². The molecule has 0 amide bonds. The highest BCUT2D eigenvalue weighted by Crippen LogP contribution is 2.33. The molecule has 1 aliphatic rings. The first-order valence-electron chi connectivity index (χ1n) is 11.7. The van der Waals surface area contributed by atoms with Gasteiger partial charge >= 0.3 is 5.97 Å². The number of aliphatic carboxylic acids is 1. The van der Waals surface area contributed by atoms with E-state index in [0.29, 0.717) is 37.2 Å². The molecule has 0 spiro atoms. The topological polar surface area (TPSA) is 82.9 Å². The number of halogens is 3. The fourth-order valence-electron chi connectivity index (χ4n) is 4.75. The van der Waals surface area contributed by atoms with Crippen LogP contribution < -0.4 is 4.74 Å². The summed E-state index contributed by atoms with van der Waals surface area (Å²) < 4.78 is 18.6. The summed E-state index contributed by atoms with van der Waals surface area (Å²) in [5.74, 6) is 4.95. The van der Waals surface area contributed by atoms with Crippen LogP contribution in [0.25, 0.3) is 10.9 Å². The van der Waals surface area contributed by atoms with Gasteiger partial charge in [-0.2, -0.15) is 0 Å². The SMILES string of the molecule is COc1ccc2nccc(C(O)CC[C@@H]3CCN(CC#Cc4cccc(F)c4)C[C@@H]3C(=O)O)c2c1.Cl.Cl. The van der Waals surface area contributed by atoms with Crippen molar-refractivity contribution in [3.8, 4) is 17.6 Å². The van der Waals surface area contributed by atoms with E-state index in [4.69, 9.17) is 4.74 Å². The van der Waals surface area contributed by atoms with Crippen molar-refractivity contribution in [3.05, 3.63) is 71.7 Å². The highest BCUT2D eigenvalue weighted by Gasteiger charge is 2.34. The second kappa shape index (κ2) is 14.2. The number of aliphatic hydroxyl groups is 1. The number of piperidine rings is 1. The van der Waals surface area contributed by atoms with Crippen molar-refractivity contribution in [1.29, 1.82) is 0 Å². The Bertz CT molecular complexity index is 1260. The quantitative estimate of drug-likeness (QED) is 0.399. The van der Waals surface area contributed by atoms with Crippen molar-refractivity contribution >= 4 is 41.7 Å². The Labute approximate surface area is 228 Å². The van der Waals surface area contributed by atoms with Crippen LogP contribution in [0.15, 0.2) is 54.7 Å². The monoisotopic (exact) mass is 548 g/mol. The molecule has 2 N–H and O–H groups in total. The number of aromatic nitrogens is 1. The van der Waals surface area contributed by atoms with Crippen LogP contribution in [0.3, 0.4) is 0 Å². The molecule has 1 saturated heterocycles. The number of hydrogen-bond acceptors (Lipinski definition) is 5. The molecule has 1 aromatic heterocycles. The average molecular weight is 549 g/mol. The normalized spacial score (nSPS) is 18.0. The Morgan fingerprint density at radius 1 is 1.24 bits per heavy atom. The van der Waals surface area contributed by atoms with Gasteiger partial charge in [0.2, 0.25) is 0 Å². The Morgan fingerprint density at radius 2 is 2.05 bits per heavy atom. The number of nitrogens with zero attached hydrogens (tertiary/aromatic N) is 2. The lowest BCUT2D eigenvalue weighted by Crippen LogP contribution is -2.44. The molecule has 1 unspecified atom stereocenters. The molecule has 0 bridgehead atoms. The summed E-state index contributed by atoms with van der Waals surface area (Å²) in [4.78, 5) is 18.4. The van der Waals surface area contributed by atoms with Gasteiger partial charge in [-0.1, -0.05) is 17.9 Å². The van der Waals surface area contributed by atoms with E-state index in [-0.39, 0.29) is 36.5 Å². The second-order valence-corrected chi connectivity index (χ2v) is 8.92. The van der Waals surface area contributed by atoms with Crippen molar-refractivity contribution in [1.82, 2.24) is 9.88 Å². The highest BCUT2D eigenvalue weighted by molar-refractivity contribution is 5.86. The fraction of sp³-hybridized carbons (Fsp3) is 0.357. The van der Waals surface area contributed by atoms with Gasteiger partial charge in [-0.15, -0.1) is 24.8 Å². The molecule has 0 saturated carbocycles. The molecule has 3 aromatic rings. The van der Waals surface area contributed by atoms with Crippen LogP contribution in [0, 0.1) is 29.5 Å². The van der Waals surface area contributed by atoms with Gasteiger partial charge in [0.05, 0.1) is 31.2 Å². The lowest BCUT2D eigenvalue weighted by atomic mass is 9.81. The number of aliphatic hydroxyl groups excluding tert-OH is 1. The summed E-state index contributed by atoms with van der Waals surface area (Å²) in [7, 11) is 1.60. The standard InChI is InChI=1S/C28H29FN2O4.2ClH/c1-35-22-8-9-26-24(17-22)23(11-13-30-26)27(32)10-7-20-12-15-31(18-25(20)28(33)34)14-3-5-19-4-2-6-21(29)16-19;;/h2,4,6,8-9,11,13,16-17,20,25,27,32H,7,10,12,14-15,18H2,1H3,(H,33,34);2*1H/t20-,25+,27?;;/m1../s1. The molecular formula is C28H31Cl2FN2O4. The Morgan fingerprint density at radius 3 is 2.78 bits per heavy atom. The number of benzene rings is 2. The molecule has 1 fully saturated rings. The molecular weight excluding hydrogens is 518 g/mol. The molecule has 0 aliphatic carbocycles. The number of carboxylic acids is 1. The number of methoxy groups -OCH3 is 1. The Hall–Kier alpha value is -2.89. The predicted octanol–water partition coefficient (Wildman–Crippen LogP) is 5.11. The molecule has 2 heterocycles. The maximum absolute atomic E-state index is 13.3. The van der Waals surface area contributed by atoms with Gasteiger partial charge in [0.25, 0.3) is 0 Å². The molecule has 0 radical (unpaired) electrons. The molecule has 6 nitrogen and oxygen atoms in total. The van der Waals surface area contributed by atoms with Crippen molar-refractivity contribution in [2.24, 2.45) is 11.8 Å². The van der Waals surface area contributed by atoms with Crippen LogP contribution in [-0.4, -0.2) is 52.8 Å². The smallest absolute Gasteiger partial charge is 0.308 e. The average Bonchev–Trinajstić information content (AvgIpc) is 2.87. The van der Waals surface area contributed by atoms with Gasteiger partial charge in [0, 0.05) is 23.7 Å². The first-order chi connectivity index (χ1) is 16.9. The van der Waals surface area contributed by atoms with E-state index < -0.39 is 18.0 Å². The minimum absolute atomic E-state index is 0. The third-order valence-corrected chi connectivity index (χ3v) is 6.67. The largest absolute Gasteiger partial charge is 0.497 e. The number of ether oxygens (including phenoxy) is 1. The third-order valence-electron chi connectivity index (χ3n) is 6.67. The zero-order valence-corrected chi connectivity index (χ0v) is 22.1. The van der Waals surface area contributed by atoms with Crippen molar-refractivity contribution in [3.63, 3.8) is 0 Å². The zero-order chi connectivity index (χ0) is 24.8. The van der Waals surface area contributed by atoms with Gasteiger partial charge in [-0.25, -0.2) is 4.39 Å². The van der Waals surface area contributed by atoms with Crippen LogP contribution in [-0.2, 0) is 4.79 Å². The van der Waals surface area contributed by atoms with Gasteiger partial charge in [-0.05, 0) is 79.8 Å². The minimum Gasteiger partial charge on any atom is -0.497 e. The Kier molecular flexibility index (Phi) is 11.6. The van der Waals surface area contributed by atoms with Crippen molar-refractivity contribution in [2.75, 3.05) is 26.7 Å². The summed E-state index contributed by atoms with van der Waals surface area (Å²) in [6.07, 6.45) is 2.74. The van der Waals surface area contributed by atoms with E-state index >= 15 is 0 Å². The second-order valence-electron chi connectivity index (χ2n) is 8.92. The van der Waals surface area contributed by atoms with E-state index in [0.717, 1.165) is 29.4 Å². The van der Waals surface area contributed by atoms with Crippen LogP contribution in [0.2, 0.25) is 0 Å². The minimum atomic E-state index is -0.827. The molecule has 1 aliphatic heterocycles. The molecule has 198 valence electrons. The van der Waals surface area contributed by atoms with Crippen LogP contribution in [0.1, 0.15) is 36.5 Å². The van der Waals surface area contributed by atoms with E-state index in [1.165, 1.54) is 12.1 Å².